The summed E-state index contributed by atoms with van der Waals surface area (Å²) in [6.07, 6.45) is 3.37. The summed E-state index contributed by atoms with van der Waals surface area (Å²) in [5.41, 5.74) is 1.15. The van der Waals surface area contributed by atoms with E-state index >= 15 is 0 Å². The fourth-order valence-electron chi connectivity index (χ4n) is 3.58. The molecule has 0 radical (unpaired) electrons. The van der Waals surface area contributed by atoms with Gasteiger partial charge in [-0.2, -0.15) is 0 Å². The van der Waals surface area contributed by atoms with E-state index in [1.807, 2.05) is 0 Å². The van der Waals surface area contributed by atoms with Crippen molar-refractivity contribution >= 4 is 27.6 Å². The van der Waals surface area contributed by atoms with Crippen LogP contribution >= 0.6 is 0 Å². The summed E-state index contributed by atoms with van der Waals surface area (Å²) >= 11 is 0. The monoisotopic (exact) mass is 338 g/mol. The molecule has 1 fully saturated rings. The topological polar surface area (TPSA) is 76.6 Å². The van der Waals surface area contributed by atoms with E-state index in [2.05, 4.69) is 4.90 Å². The second-order valence-corrected chi connectivity index (χ2v) is 6.46. The number of piperidine rings is 1. The highest BCUT2D eigenvalue weighted by atomic mass is 16.6. The minimum Gasteiger partial charge on any atom is -0.455 e. The molecule has 2 aromatic carbocycles. The van der Waals surface area contributed by atoms with Gasteiger partial charge in [0.05, 0.1) is 21.3 Å². The first kappa shape index (κ1) is 15.8. The Balaban J connectivity index is 1.97. The third-order valence-corrected chi connectivity index (χ3v) is 4.85. The normalized spacial score (nSPS) is 15.7. The average molecular weight is 338 g/mol. The van der Waals surface area contributed by atoms with Crippen LogP contribution in [0.3, 0.4) is 0 Å². The molecule has 0 amide bonds. The lowest BCUT2D eigenvalue weighted by molar-refractivity contribution is -0.385. The molecular weight excluding hydrogens is 320 g/mol. The van der Waals surface area contributed by atoms with Crippen LogP contribution in [0.4, 0.5) is 5.69 Å². The average Bonchev–Trinajstić information content (AvgIpc) is 2.63. The summed E-state index contributed by atoms with van der Waals surface area (Å²) in [4.78, 5) is 26.1. The van der Waals surface area contributed by atoms with Gasteiger partial charge < -0.3 is 4.42 Å². The van der Waals surface area contributed by atoms with Crippen molar-refractivity contribution in [3.63, 3.8) is 0 Å². The number of benzene rings is 2. The van der Waals surface area contributed by atoms with Gasteiger partial charge in [-0.1, -0.05) is 18.6 Å². The van der Waals surface area contributed by atoms with E-state index in [1.165, 1.54) is 18.6 Å². The molecule has 1 aliphatic heterocycles. The van der Waals surface area contributed by atoms with Crippen LogP contribution < -0.4 is 5.43 Å². The number of hydrogen-bond acceptors (Lipinski definition) is 5. The van der Waals surface area contributed by atoms with Crippen molar-refractivity contribution in [3.05, 3.63) is 62.3 Å². The van der Waals surface area contributed by atoms with Gasteiger partial charge in [0.25, 0.3) is 5.69 Å². The van der Waals surface area contributed by atoms with E-state index in [1.54, 1.807) is 24.3 Å². The minimum atomic E-state index is -0.395. The summed E-state index contributed by atoms with van der Waals surface area (Å²) in [6.45, 7) is 2.24. The van der Waals surface area contributed by atoms with Crippen LogP contribution in [0.25, 0.3) is 21.9 Å². The molecule has 3 aromatic rings. The molecule has 0 spiro atoms. The van der Waals surface area contributed by atoms with Gasteiger partial charge in [-0.25, -0.2) is 0 Å². The third-order valence-electron chi connectivity index (χ3n) is 4.85. The Morgan fingerprint density at radius 2 is 1.80 bits per heavy atom. The SMILES string of the molecule is O=c1c2ccccc2oc2c(CN3CCCCC3)c([N+](=O)[O-])ccc12. The Morgan fingerprint density at radius 1 is 1.04 bits per heavy atom. The number of fused-ring (bicyclic) bond motifs is 2. The van der Waals surface area contributed by atoms with Crippen LogP contribution in [0, 0.1) is 10.1 Å². The van der Waals surface area contributed by atoms with Crippen LogP contribution in [0.1, 0.15) is 24.8 Å². The van der Waals surface area contributed by atoms with Gasteiger partial charge in [-0.3, -0.25) is 19.8 Å². The zero-order valence-electron chi connectivity index (χ0n) is 13.7. The van der Waals surface area contributed by atoms with Crippen LogP contribution in [-0.4, -0.2) is 22.9 Å². The third kappa shape index (κ3) is 2.78. The lowest BCUT2D eigenvalue weighted by atomic mass is 10.0. The maximum atomic E-state index is 12.8. The molecule has 0 bridgehead atoms. The first-order chi connectivity index (χ1) is 12.1. The maximum absolute atomic E-state index is 12.8. The number of hydrogen-bond donors (Lipinski definition) is 0. The fraction of sp³-hybridized carbons (Fsp3) is 0.316. The summed E-state index contributed by atoms with van der Waals surface area (Å²) in [6, 6.07) is 9.94. The van der Waals surface area contributed by atoms with Crippen LogP contribution in [0.2, 0.25) is 0 Å². The molecule has 2 heterocycles. The minimum absolute atomic E-state index is 0.0107. The molecule has 1 aliphatic rings. The van der Waals surface area contributed by atoms with Crippen molar-refractivity contribution in [2.45, 2.75) is 25.8 Å². The van der Waals surface area contributed by atoms with Gasteiger partial charge >= 0.3 is 0 Å². The van der Waals surface area contributed by atoms with E-state index in [-0.39, 0.29) is 11.1 Å². The number of likely N-dealkylation sites (tertiary alicyclic amines) is 1. The molecule has 128 valence electrons. The molecule has 4 rings (SSSR count). The van der Waals surface area contributed by atoms with Gasteiger partial charge in [0.15, 0.2) is 0 Å². The maximum Gasteiger partial charge on any atom is 0.277 e. The number of nitro groups is 1. The quantitative estimate of drug-likeness (QED) is 0.412. The van der Waals surface area contributed by atoms with Crippen LogP contribution in [0.15, 0.2) is 45.6 Å². The number of para-hydroxylation sites is 1. The first-order valence-electron chi connectivity index (χ1n) is 8.49. The van der Waals surface area contributed by atoms with Crippen molar-refractivity contribution in [3.8, 4) is 0 Å². The van der Waals surface area contributed by atoms with E-state index in [0.29, 0.717) is 34.0 Å². The molecule has 6 nitrogen and oxygen atoms in total. The first-order valence-corrected chi connectivity index (χ1v) is 8.49. The standard InChI is InChI=1S/C19H18N2O4/c22-18-13-6-2-3-7-17(13)25-19-14(18)8-9-16(21(23)24)15(19)12-20-10-4-1-5-11-20/h2-3,6-9H,1,4-5,10-12H2. The van der Waals surface area contributed by atoms with Gasteiger partial charge in [0.2, 0.25) is 5.43 Å². The Morgan fingerprint density at radius 3 is 2.56 bits per heavy atom. The molecule has 25 heavy (non-hydrogen) atoms. The highest BCUT2D eigenvalue weighted by Crippen LogP contribution is 2.30. The lowest BCUT2D eigenvalue weighted by Gasteiger charge is -2.26. The second-order valence-electron chi connectivity index (χ2n) is 6.46. The Labute approximate surface area is 143 Å². The molecule has 0 unspecified atom stereocenters. The van der Waals surface area contributed by atoms with E-state index in [0.717, 1.165) is 25.9 Å². The second kappa shape index (κ2) is 6.29. The largest absolute Gasteiger partial charge is 0.455 e. The van der Waals surface area contributed by atoms with Crippen LogP contribution in [0.5, 0.6) is 0 Å². The summed E-state index contributed by atoms with van der Waals surface area (Å²) in [7, 11) is 0. The van der Waals surface area contributed by atoms with Crippen molar-refractivity contribution in [2.24, 2.45) is 0 Å². The number of nitrogens with zero attached hydrogens (tertiary/aromatic N) is 2. The predicted molar refractivity (Wildman–Crippen MR) is 95.8 cm³/mol. The smallest absolute Gasteiger partial charge is 0.277 e. The molecule has 0 aliphatic carbocycles. The molecule has 0 saturated carbocycles. The van der Waals surface area contributed by atoms with Gasteiger partial charge in [0, 0.05) is 12.6 Å². The summed E-state index contributed by atoms with van der Waals surface area (Å²) in [5, 5.41) is 12.4. The Hall–Kier alpha value is -2.73. The zero-order valence-corrected chi connectivity index (χ0v) is 13.7. The molecule has 0 N–H and O–H groups in total. The Kier molecular flexibility index (Phi) is 3.97. The van der Waals surface area contributed by atoms with E-state index < -0.39 is 4.92 Å². The summed E-state index contributed by atoms with van der Waals surface area (Å²) in [5.74, 6) is 0. The van der Waals surface area contributed by atoms with Gasteiger partial charge in [0.1, 0.15) is 11.2 Å². The molecule has 1 aromatic heterocycles. The zero-order chi connectivity index (χ0) is 17.4. The highest BCUT2D eigenvalue weighted by molar-refractivity contribution is 5.92. The predicted octanol–water partition coefficient (Wildman–Crippen LogP) is 3.84. The van der Waals surface area contributed by atoms with E-state index in [9.17, 15) is 14.9 Å². The number of rotatable bonds is 3. The molecule has 0 atom stereocenters. The number of nitro benzene ring substituents is 1. The fourth-order valence-corrected chi connectivity index (χ4v) is 3.58. The molecule has 1 saturated heterocycles. The van der Waals surface area contributed by atoms with Crippen molar-refractivity contribution in [1.82, 2.24) is 4.90 Å². The molecular formula is C19H18N2O4. The van der Waals surface area contributed by atoms with Crippen LogP contribution in [-0.2, 0) is 6.54 Å². The van der Waals surface area contributed by atoms with Crippen molar-refractivity contribution in [1.29, 1.82) is 0 Å². The van der Waals surface area contributed by atoms with Crippen molar-refractivity contribution < 1.29 is 9.34 Å². The lowest BCUT2D eigenvalue weighted by Crippen LogP contribution is -2.29. The van der Waals surface area contributed by atoms with E-state index in [4.69, 9.17) is 4.42 Å². The molecule has 6 heteroatoms. The Bertz CT molecular complexity index is 1020. The van der Waals surface area contributed by atoms with Gasteiger partial charge in [-0.15, -0.1) is 0 Å². The van der Waals surface area contributed by atoms with Crippen molar-refractivity contribution in [2.75, 3.05) is 13.1 Å². The summed E-state index contributed by atoms with van der Waals surface area (Å²) < 4.78 is 5.96. The van der Waals surface area contributed by atoms with Gasteiger partial charge in [-0.05, 0) is 44.1 Å². The highest BCUT2D eigenvalue weighted by Gasteiger charge is 2.23.